The maximum Gasteiger partial charge on any atom is 0.119 e. The molecular weight excluding hydrogens is 450 g/mol. The fourth-order valence-corrected chi connectivity index (χ4v) is 5.93. The zero-order chi connectivity index (χ0) is 26.0. The number of unbranched alkanes of at least 4 members (excludes halogenated alkanes) is 10. The van der Waals surface area contributed by atoms with Crippen molar-refractivity contribution in [1.82, 2.24) is 4.98 Å². The van der Waals surface area contributed by atoms with Crippen LogP contribution in [0, 0.1) is 11.8 Å². The summed E-state index contributed by atoms with van der Waals surface area (Å²) in [5.41, 5.74) is 3.61. The van der Waals surface area contributed by atoms with Crippen LogP contribution >= 0.6 is 0 Å². The van der Waals surface area contributed by atoms with E-state index in [1.54, 1.807) is 0 Å². The number of ether oxygens (including phenoxy) is 1. The second-order valence-electron chi connectivity index (χ2n) is 11.7. The first-order valence-electron chi connectivity index (χ1n) is 16.0. The average molecular weight is 506 g/mol. The fourth-order valence-electron chi connectivity index (χ4n) is 5.93. The minimum Gasteiger partial charge on any atom is -0.494 e. The van der Waals surface area contributed by atoms with Gasteiger partial charge in [0.05, 0.1) is 12.3 Å². The highest BCUT2D eigenvalue weighted by molar-refractivity contribution is 5.60. The van der Waals surface area contributed by atoms with Crippen LogP contribution in [0.1, 0.15) is 135 Å². The van der Waals surface area contributed by atoms with E-state index in [0.717, 1.165) is 36.3 Å². The number of nitrogens with zero attached hydrogens (tertiary/aromatic N) is 1. The molecular formula is C35H55NO. The van der Waals surface area contributed by atoms with Gasteiger partial charge in [-0.05, 0) is 67.0 Å². The Morgan fingerprint density at radius 3 is 1.86 bits per heavy atom. The Kier molecular flexibility index (Phi) is 14.8. The van der Waals surface area contributed by atoms with Crippen LogP contribution < -0.4 is 4.74 Å². The molecule has 2 heteroatoms. The van der Waals surface area contributed by atoms with Crippen molar-refractivity contribution in [1.29, 1.82) is 0 Å². The highest BCUT2D eigenvalue weighted by Crippen LogP contribution is 2.34. The zero-order valence-corrected chi connectivity index (χ0v) is 24.2. The van der Waals surface area contributed by atoms with Crippen LogP contribution in [-0.2, 0) is 6.42 Å². The van der Waals surface area contributed by atoms with Crippen molar-refractivity contribution in [2.75, 3.05) is 6.61 Å². The van der Waals surface area contributed by atoms with Crippen molar-refractivity contribution < 1.29 is 4.74 Å². The molecule has 0 N–H and O–H groups in total. The summed E-state index contributed by atoms with van der Waals surface area (Å²) < 4.78 is 5.94. The Bertz CT molecular complexity index is 804. The molecule has 37 heavy (non-hydrogen) atoms. The first-order chi connectivity index (χ1) is 18.3. The van der Waals surface area contributed by atoms with E-state index < -0.39 is 0 Å². The summed E-state index contributed by atoms with van der Waals surface area (Å²) in [5.74, 6) is 2.90. The summed E-state index contributed by atoms with van der Waals surface area (Å²) in [4.78, 5) is 4.78. The second-order valence-corrected chi connectivity index (χ2v) is 11.7. The molecule has 3 rings (SSSR count). The predicted molar refractivity (Wildman–Crippen MR) is 160 cm³/mol. The van der Waals surface area contributed by atoms with Crippen molar-refractivity contribution >= 4 is 0 Å². The summed E-state index contributed by atoms with van der Waals surface area (Å²) in [6.07, 6.45) is 28.3. The lowest BCUT2D eigenvalue weighted by atomic mass is 9.78. The number of hydrogen-bond donors (Lipinski definition) is 0. The minimum atomic E-state index is 0.819. The summed E-state index contributed by atoms with van der Waals surface area (Å²) in [6, 6.07) is 12.9. The van der Waals surface area contributed by atoms with Crippen molar-refractivity contribution in [3.8, 4) is 17.0 Å². The standard InChI is InChI=1S/C35H55NO/c1-3-5-7-9-11-13-15-30-16-18-31(19-17-30)20-21-32-22-27-35(36-29-32)33-23-25-34(26-24-33)37-28-14-12-10-8-6-4-2/h22-27,29-31H,3-21,28H2,1-2H3/t30-,31-. The third kappa shape index (κ3) is 12.1. The third-order valence-electron chi connectivity index (χ3n) is 8.51. The van der Waals surface area contributed by atoms with Crippen LogP contribution in [0.25, 0.3) is 11.3 Å². The highest BCUT2D eigenvalue weighted by atomic mass is 16.5. The van der Waals surface area contributed by atoms with Gasteiger partial charge in [0.2, 0.25) is 0 Å². The maximum atomic E-state index is 5.94. The number of aryl methyl sites for hydroxylation is 1. The average Bonchev–Trinajstić information content (AvgIpc) is 2.94. The Labute approximate surface area is 229 Å². The smallest absolute Gasteiger partial charge is 0.119 e. The number of benzene rings is 1. The quantitative estimate of drug-likeness (QED) is 0.177. The van der Waals surface area contributed by atoms with Crippen LogP contribution in [0.15, 0.2) is 42.6 Å². The molecule has 1 saturated carbocycles. The first kappa shape index (κ1) is 29.7. The first-order valence-corrected chi connectivity index (χ1v) is 16.0. The third-order valence-corrected chi connectivity index (χ3v) is 8.51. The van der Waals surface area contributed by atoms with Crippen molar-refractivity contribution in [3.63, 3.8) is 0 Å². The number of hydrogen-bond acceptors (Lipinski definition) is 2. The van der Waals surface area contributed by atoms with E-state index in [4.69, 9.17) is 9.72 Å². The molecule has 1 aromatic carbocycles. The minimum absolute atomic E-state index is 0.819. The van der Waals surface area contributed by atoms with E-state index in [2.05, 4.69) is 56.4 Å². The van der Waals surface area contributed by atoms with Crippen LogP contribution in [0.4, 0.5) is 0 Å². The summed E-state index contributed by atoms with van der Waals surface area (Å²) in [5, 5.41) is 0. The lowest BCUT2D eigenvalue weighted by molar-refractivity contribution is 0.248. The summed E-state index contributed by atoms with van der Waals surface area (Å²) in [7, 11) is 0. The van der Waals surface area contributed by atoms with Gasteiger partial charge in [0, 0.05) is 11.8 Å². The molecule has 0 unspecified atom stereocenters. The molecule has 0 spiro atoms. The molecule has 0 bridgehead atoms. The van der Waals surface area contributed by atoms with Gasteiger partial charge in [0.25, 0.3) is 0 Å². The molecule has 0 radical (unpaired) electrons. The molecule has 1 aliphatic rings. The van der Waals surface area contributed by atoms with E-state index in [9.17, 15) is 0 Å². The largest absolute Gasteiger partial charge is 0.494 e. The molecule has 1 heterocycles. The Morgan fingerprint density at radius 2 is 1.24 bits per heavy atom. The maximum absolute atomic E-state index is 5.94. The lowest BCUT2D eigenvalue weighted by Gasteiger charge is -2.28. The molecule has 1 aliphatic carbocycles. The summed E-state index contributed by atoms with van der Waals surface area (Å²) >= 11 is 0. The summed E-state index contributed by atoms with van der Waals surface area (Å²) in [6.45, 7) is 5.39. The SMILES string of the molecule is CCCCCCCCOc1ccc(-c2ccc(CC[C@H]3CC[C@H](CCCCCCCC)CC3)cn2)cc1. The van der Waals surface area contributed by atoms with Gasteiger partial charge in [-0.1, -0.05) is 123 Å². The Morgan fingerprint density at radius 1 is 0.649 bits per heavy atom. The Balaban J connectivity index is 1.29. The van der Waals surface area contributed by atoms with Gasteiger partial charge in [0.1, 0.15) is 5.75 Å². The van der Waals surface area contributed by atoms with E-state index in [1.807, 2.05) is 0 Å². The van der Waals surface area contributed by atoms with Crippen LogP contribution in [0.2, 0.25) is 0 Å². The van der Waals surface area contributed by atoms with Gasteiger partial charge in [-0.15, -0.1) is 0 Å². The predicted octanol–water partition coefficient (Wildman–Crippen LogP) is 11.0. The number of pyridine rings is 1. The van der Waals surface area contributed by atoms with Gasteiger partial charge in [0.15, 0.2) is 0 Å². The highest BCUT2D eigenvalue weighted by Gasteiger charge is 2.20. The number of rotatable bonds is 19. The molecule has 2 nitrogen and oxygen atoms in total. The van der Waals surface area contributed by atoms with Crippen molar-refractivity contribution in [2.24, 2.45) is 11.8 Å². The lowest BCUT2D eigenvalue weighted by Crippen LogP contribution is -2.15. The van der Waals surface area contributed by atoms with Gasteiger partial charge >= 0.3 is 0 Å². The van der Waals surface area contributed by atoms with Crippen molar-refractivity contribution in [2.45, 2.75) is 136 Å². The fraction of sp³-hybridized carbons (Fsp3) is 0.686. The van der Waals surface area contributed by atoms with Crippen LogP contribution in [-0.4, -0.2) is 11.6 Å². The molecule has 1 fully saturated rings. The molecule has 0 atom stereocenters. The van der Waals surface area contributed by atoms with E-state index in [-0.39, 0.29) is 0 Å². The molecule has 0 saturated heterocycles. The van der Waals surface area contributed by atoms with Gasteiger partial charge in [-0.25, -0.2) is 0 Å². The van der Waals surface area contributed by atoms with E-state index in [0.29, 0.717) is 0 Å². The van der Waals surface area contributed by atoms with Gasteiger partial charge in [-0.3, -0.25) is 4.98 Å². The van der Waals surface area contributed by atoms with E-state index in [1.165, 1.54) is 127 Å². The second kappa shape index (κ2) is 18.4. The van der Waals surface area contributed by atoms with Crippen LogP contribution in [0.3, 0.4) is 0 Å². The molecule has 1 aromatic heterocycles. The van der Waals surface area contributed by atoms with Crippen LogP contribution in [0.5, 0.6) is 5.75 Å². The number of aromatic nitrogens is 1. The molecule has 2 aromatic rings. The Hall–Kier alpha value is -1.83. The van der Waals surface area contributed by atoms with Gasteiger partial charge < -0.3 is 4.74 Å². The topological polar surface area (TPSA) is 22.1 Å². The van der Waals surface area contributed by atoms with Gasteiger partial charge in [-0.2, -0.15) is 0 Å². The monoisotopic (exact) mass is 505 g/mol. The zero-order valence-electron chi connectivity index (χ0n) is 24.2. The molecule has 0 aliphatic heterocycles. The molecule has 0 amide bonds. The molecule has 206 valence electrons. The normalized spacial score (nSPS) is 17.7. The van der Waals surface area contributed by atoms with Crippen molar-refractivity contribution in [3.05, 3.63) is 48.2 Å². The van der Waals surface area contributed by atoms with E-state index >= 15 is 0 Å².